The number of thioether (sulfide) groups is 1. The minimum atomic E-state index is -0.447. The van der Waals surface area contributed by atoms with Crippen molar-refractivity contribution in [2.45, 2.75) is 40.2 Å². The predicted molar refractivity (Wildman–Crippen MR) is 122 cm³/mol. The van der Waals surface area contributed by atoms with Crippen LogP contribution in [0.25, 0.3) is 0 Å². The first kappa shape index (κ1) is 20.7. The first-order valence-corrected chi connectivity index (χ1v) is 11.9. The number of nitrogens with zero attached hydrogens (tertiary/aromatic N) is 3. The van der Waals surface area contributed by atoms with Crippen LogP contribution in [0.5, 0.6) is 0 Å². The quantitative estimate of drug-likeness (QED) is 0.716. The topological polar surface area (TPSA) is 36.0 Å². The summed E-state index contributed by atoms with van der Waals surface area (Å²) >= 11 is 2.04. The van der Waals surface area contributed by atoms with Crippen LogP contribution in [-0.4, -0.2) is 67.4 Å². The van der Waals surface area contributed by atoms with Crippen LogP contribution in [0.1, 0.15) is 34.6 Å². The Morgan fingerprint density at radius 2 is 1.38 bits per heavy atom. The average molecular weight is 418 g/mol. The largest absolute Gasteiger partial charge is 0.444 e. The van der Waals surface area contributed by atoms with Gasteiger partial charge in [0, 0.05) is 73.0 Å². The summed E-state index contributed by atoms with van der Waals surface area (Å²) in [6.45, 7) is 16.2. The van der Waals surface area contributed by atoms with Crippen LogP contribution in [0.2, 0.25) is 0 Å². The molecule has 3 fully saturated rings. The summed E-state index contributed by atoms with van der Waals surface area (Å²) in [5.74, 6) is 2.44. The van der Waals surface area contributed by atoms with Gasteiger partial charge in [0.15, 0.2) is 0 Å². The normalized spacial score (nSPS) is 29.9. The smallest absolute Gasteiger partial charge is 0.410 e. The third-order valence-electron chi connectivity index (χ3n) is 6.86. The second-order valence-electron chi connectivity index (χ2n) is 10.4. The number of fused-ring (bicyclic) bond motifs is 1. The zero-order chi connectivity index (χ0) is 20.9. The number of hydrogen-bond acceptors (Lipinski definition) is 5. The maximum absolute atomic E-state index is 12.6. The van der Waals surface area contributed by atoms with E-state index >= 15 is 0 Å². The standard InChI is InChI=1S/C23H35N3O2S/c1-21(2,3)28-20(27)26-16-22(4)14-25(15-23(22,5)17-26)19-8-6-18(7-9-19)24-10-12-29-13-11-24/h6-9H,10-17H2,1-5H3/t22-,23+. The molecule has 0 aliphatic carbocycles. The fourth-order valence-corrected chi connectivity index (χ4v) is 5.90. The van der Waals surface area contributed by atoms with Gasteiger partial charge in [-0.15, -0.1) is 0 Å². The van der Waals surface area contributed by atoms with Gasteiger partial charge in [-0.25, -0.2) is 4.79 Å². The van der Waals surface area contributed by atoms with Gasteiger partial charge in [0.1, 0.15) is 5.60 Å². The van der Waals surface area contributed by atoms with E-state index in [0.717, 1.165) is 39.3 Å². The van der Waals surface area contributed by atoms with E-state index in [0.29, 0.717) is 0 Å². The van der Waals surface area contributed by atoms with Crippen molar-refractivity contribution in [2.24, 2.45) is 10.8 Å². The first-order valence-electron chi connectivity index (χ1n) is 10.7. The summed E-state index contributed by atoms with van der Waals surface area (Å²) < 4.78 is 5.63. The van der Waals surface area contributed by atoms with Crippen molar-refractivity contribution in [2.75, 3.05) is 60.6 Å². The van der Waals surface area contributed by atoms with Crippen LogP contribution in [0.15, 0.2) is 24.3 Å². The molecule has 2 atom stereocenters. The Morgan fingerprint density at radius 1 is 0.897 bits per heavy atom. The minimum absolute atomic E-state index is 0.0761. The van der Waals surface area contributed by atoms with Gasteiger partial charge in [-0.1, -0.05) is 13.8 Å². The fraction of sp³-hybridized carbons (Fsp3) is 0.696. The minimum Gasteiger partial charge on any atom is -0.444 e. The van der Waals surface area contributed by atoms with Crippen LogP contribution in [-0.2, 0) is 4.74 Å². The van der Waals surface area contributed by atoms with Crippen LogP contribution in [0, 0.1) is 10.8 Å². The average Bonchev–Trinajstić information content (AvgIpc) is 3.06. The number of likely N-dealkylation sites (tertiary alicyclic amines) is 1. The molecule has 0 spiro atoms. The van der Waals surface area contributed by atoms with Crippen LogP contribution < -0.4 is 9.80 Å². The molecule has 3 heterocycles. The third-order valence-corrected chi connectivity index (χ3v) is 7.80. The fourth-order valence-electron chi connectivity index (χ4n) is 4.99. The number of carbonyl (C=O) groups is 1. The van der Waals surface area contributed by atoms with Gasteiger partial charge in [0.05, 0.1) is 0 Å². The molecule has 4 rings (SSSR count). The molecule has 3 saturated heterocycles. The maximum atomic E-state index is 12.6. The predicted octanol–water partition coefficient (Wildman–Crippen LogP) is 4.32. The van der Waals surface area contributed by atoms with E-state index in [1.807, 2.05) is 37.4 Å². The van der Waals surface area contributed by atoms with Gasteiger partial charge in [0.2, 0.25) is 0 Å². The van der Waals surface area contributed by atoms with Crippen LogP contribution in [0.4, 0.5) is 16.2 Å². The Bertz CT molecular complexity index is 736. The number of carbonyl (C=O) groups excluding carboxylic acids is 1. The van der Waals surface area contributed by atoms with Crippen molar-refractivity contribution in [3.63, 3.8) is 0 Å². The van der Waals surface area contributed by atoms with Crippen LogP contribution >= 0.6 is 11.8 Å². The summed E-state index contributed by atoms with van der Waals surface area (Å²) in [5.41, 5.74) is 2.33. The molecule has 0 radical (unpaired) electrons. The zero-order valence-corrected chi connectivity index (χ0v) is 19.3. The van der Waals surface area contributed by atoms with E-state index in [2.05, 4.69) is 47.9 Å². The zero-order valence-electron chi connectivity index (χ0n) is 18.5. The van der Waals surface area contributed by atoms with Crippen molar-refractivity contribution < 1.29 is 9.53 Å². The van der Waals surface area contributed by atoms with Gasteiger partial charge in [-0.2, -0.15) is 11.8 Å². The highest BCUT2D eigenvalue weighted by molar-refractivity contribution is 7.99. The molecule has 0 aromatic heterocycles. The molecule has 0 bridgehead atoms. The molecule has 3 aliphatic rings. The van der Waals surface area contributed by atoms with Crippen molar-refractivity contribution in [1.29, 1.82) is 0 Å². The molecule has 1 aromatic carbocycles. The molecule has 160 valence electrons. The molecule has 29 heavy (non-hydrogen) atoms. The highest BCUT2D eigenvalue weighted by Crippen LogP contribution is 2.52. The van der Waals surface area contributed by atoms with Gasteiger partial charge in [-0.05, 0) is 45.0 Å². The summed E-state index contributed by atoms with van der Waals surface area (Å²) in [6.07, 6.45) is -0.176. The van der Waals surface area contributed by atoms with E-state index in [4.69, 9.17) is 4.74 Å². The Kier molecular flexibility index (Phi) is 5.21. The molecule has 0 N–H and O–H groups in total. The lowest BCUT2D eigenvalue weighted by atomic mass is 9.71. The second-order valence-corrected chi connectivity index (χ2v) is 11.7. The Morgan fingerprint density at radius 3 is 1.86 bits per heavy atom. The lowest BCUT2D eigenvalue weighted by molar-refractivity contribution is 0.0269. The van der Waals surface area contributed by atoms with Gasteiger partial charge in [-0.3, -0.25) is 0 Å². The molecule has 1 aromatic rings. The molecule has 6 heteroatoms. The molecule has 1 amide bonds. The Balaban J connectivity index is 1.43. The maximum Gasteiger partial charge on any atom is 0.410 e. The number of benzene rings is 1. The first-order chi connectivity index (χ1) is 13.6. The van der Waals surface area contributed by atoms with Gasteiger partial charge >= 0.3 is 6.09 Å². The Hall–Kier alpha value is -1.56. The lowest BCUT2D eigenvalue weighted by Crippen LogP contribution is -2.39. The number of anilines is 2. The highest BCUT2D eigenvalue weighted by Gasteiger charge is 2.59. The summed E-state index contributed by atoms with van der Waals surface area (Å²) in [5, 5.41) is 0. The highest BCUT2D eigenvalue weighted by atomic mass is 32.2. The number of ether oxygens (including phenoxy) is 1. The van der Waals surface area contributed by atoms with E-state index in [1.165, 1.54) is 22.9 Å². The van der Waals surface area contributed by atoms with E-state index in [9.17, 15) is 4.79 Å². The van der Waals surface area contributed by atoms with E-state index in [1.54, 1.807) is 0 Å². The van der Waals surface area contributed by atoms with Gasteiger partial charge in [0.25, 0.3) is 0 Å². The van der Waals surface area contributed by atoms with Gasteiger partial charge < -0.3 is 19.4 Å². The van der Waals surface area contributed by atoms with Crippen molar-refractivity contribution in [3.05, 3.63) is 24.3 Å². The van der Waals surface area contributed by atoms with Crippen LogP contribution in [0.3, 0.4) is 0 Å². The number of rotatable bonds is 2. The number of hydrogen-bond donors (Lipinski definition) is 0. The molecular formula is C23H35N3O2S. The van der Waals surface area contributed by atoms with Crippen molar-refractivity contribution in [3.8, 4) is 0 Å². The molecular weight excluding hydrogens is 382 g/mol. The molecule has 3 aliphatic heterocycles. The molecule has 0 saturated carbocycles. The lowest BCUT2D eigenvalue weighted by Gasteiger charge is -2.30. The third kappa shape index (κ3) is 4.05. The Labute approximate surface area is 179 Å². The summed E-state index contributed by atoms with van der Waals surface area (Å²) in [7, 11) is 0. The second kappa shape index (κ2) is 7.29. The van der Waals surface area contributed by atoms with Crippen molar-refractivity contribution in [1.82, 2.24) is 4.90 Å². The summed E-state index contributed by atoms with van der Waals surface area (Å²) in [6, 6.07) is 9.10. The molecule has 5 nitrogen and oxygen atoms in total. The van der Waals surface area contributed by atoms with Crippen molar-refractivity contribution >= 4 is 29.2 Å². The summed E-state index contributed by atoms with van der Waals surface area (Å²) in [4.78, 5) is 19.5. The van der Waals surface area contributed by atoms with E-state index < -0.39 is 5.60 Å². The monoisotopic (exact) mass is 417 g/mol. The number of amides is 1. The molecule has 0 unspecified atom stereocenters. The van der Waals surface area contributed by atoms with E-state index in [-0.39, 0.29) is 16.9 Å². The SMILES string of the molecule is CC(C)(C)OC(=O)N1C[C@@]2(C)CN(c3ccc(N4CCSCC4)cc3)C[C@@]2(C)C1.